The van der Waals surface area contributed by atoms with Gasteiger partial charge in [0.05, 0.1) is 5.56 Å². The number of benzene rings is 1. The van der Waals surface area contributed by atoms with E-state index < -0.39 is 11.7 Å². The molecule has 0 aromatic heterocycles. The average Bonchev–Trinajstić information content (AvgIpc) is 2.26. The zero-order chi connectivity index (χ0) is 13.1. The van der Waals surface area contributed by atoms with E-state index in [9.17, 15) is 13.2 Å². The van der Waals surface area contributed by atoms with Crippen LogP contribution in [0.3, 0.4) is 0 Å². The summed E-state index contributed by atoms with van der Waals surface area (Å²) in [6.07, 6.45) is -4.37. The van der Waals surface area contributed by atoms with Crippen LogP contribution in [0.2, 0.25) is 0 Å². The maximum absolute atomic E-state index is 12.6. The molecule has 0 radical (unpaired) electrons. The van der Waals surface area contributed by atoms with E-state index in [0.29, 0.717) is 12.2 Å². The third-order valence-electron chi connectivity index (χ3n) is 2.03. The molecule has 1 rings (SSSR count). The topological polar surface area (TPSA) is 12.0 Å². The summed E-state index contributed by atoms with van der Waals surface area (Å²) in [7, 11) is 0. The standard InChI is InChI=1S/C11H10BrClF3N/c1-7(5-13)6-17-8-2-3-10(12)9(4-8)11(14,15)16/h2-5,17H,6H2,1H3/b7-5-. The quantitative estimate of drug-likeness (QED) is 0.821. The SMILES string of the molecule is C/C(=C/Cl)CNc1ccc(Br)c(C(F)(F)F)c1. The largest absolute Gasteiger partial charge is 0.417 e. The Morgan fingerprint density at radius 2 is 2.12 bits per heavy atom. The van der Waals surface area contributed by atoms with E-state index >= 15 is 0 Å². The predicted molar refractivity (Wildman–Crippen MR) is 67.2 cm³/mol. The van der Waals surface area contributed by atoms with Gasteiger partial charge in [0, 0.05) is 22.2 Å². The lowest BCUT2D eigenvalue weighted by Gasteiger charge is -2.12. The third-order valence-corrected chi connectivity index (χ3v) is 3.09. The summed E-state index contributed by atoms with van der Waals surface area (Å²) >= 11 is 8.34. The van der Waals surface area contributed by atoms with Gasteiger partial charge in [0.2, 0.25) is 0 Å². The zero-order valence-electron chi connectivity index (χ0n) is 8.91. The Hall–Kier alpha value is -0.680. The number of alkyl halides is 3. The first-order valence-electron chi connectivity index (χ1n) is 4.71. The molecular weight excluding hydrogens is 318 g/mol. The van der Waals surface area contributed by atoms with Crippen molar-refractivity contribution >= 4 is 33.2 Å². The molecule has 0 spiro atoms. The van der Waals surface area contributed by atoms with Crippen LogP contribution in [0.15, 0.2) is 33.8 Å². The average molecular weight is 329 g/mol. The molecule has 0 aliphatic rings. The molecule has 0 fully saturated rings. The first kappa shape index (κ1) is 14.4. The molecule has 0 heterocycles. The zero-order valence-corrected chi connectivity index (χ0v) is 11.2. The van der Waals surface area contributed by atoms with Gasteiger partial charge in [-0.3, -0.25) is 0 Å². The normalized spacial score (nSPS) is 12.7. The number of rotatable bonds is 3. The van der Waals surface area contributed by atoms with Crippen molar-refractivity contribution in [3.8, 4) is 0 Å². The lowest BCUT2D eigenvalue weighted by molar-refractivity contribution is -0.138. The minimum atomic E-state index is -4.37. The Labute approximate surface area is 111 Å². The molecule has 0 amide bonds. The molecule has 0 saturated heterocycles. The minimum Gasteiger partial charge on any atom is -0.381 e. The molecule has 0 aliphatic carbocycles. The summed E-state index contributed by atoms with van der Waals surface area (Å²) in [4.78, 5) is 0. The summed E-state index contributed by atoms with van der Waals surface area (Å²) < 4.78 is 37.8. The Kier molecular flexibility index (Phi) is 4.89. The van der Waals surface area contributed by atoms with E-state index in [1.807, 2.05) is 0 Å². The summed E-state index contributed by atoms with van der Waals surface area (Å²) in [5.74, 6) is 0. The Bertz CT molecular complexity index is 429. The highest BCUT2D eigenvalue weighted by atomic mass is 79.9. The number of hydrogen-bond donors (Lipinski definition) is 1. The summed E-state index contributed by atoms with van der Waals surface area (Å²) in [6.45, 7) is 2.19. The van der Waals surface area contributed by atoms with Gasteiger partial charge in [0.15, 0.2) is 0 Å². The van der Waals surface area contributed by atoms with E-state index in [1.165, 1.54) is 11.6 Å². The van der Waals surface area contributed by atoms with E-state index in [2.05, 4.69) is 21.2 Å². The Balaban J connectivity index is 2.90. The van der Waals surface area contributed by atoms with Crippen molar-refractivity contribution in [2.75, 3.05) is 11.9 Å². The molecule has 0 aliphatic heterocycles. The minimum absolute atomic E-state index is 0.0279. The monoisotopic (exact) mass is 327 g/mol. The lowest BCUT2D eigenvalue weighted by Crippen LogP contribution is -2.08. The van der Waals surface area contributed by atoms with Crippen LogP contribution in [-0.2, 0) is 6.18 Å². The molecule has 1 N–H and O–H groups in total. The first-order valence-corrected chi connectivity index (χ1v) is 5.94. The summed E-state index contributed by atoms with van der Waals surface area (Å²) in [5, 5.41) is 2.86. The van der Waals surface area contributed by atoms with Gasteiger partial charge < -0.3 is 5.32 Å². The molecule has 1 aromatic rings. The molecule has 6 heteroatoms. The maximum Gasteiger partial charge on any atom is 0.417 e. The Morgan fingerprint density at radius 3 is 2.65 bits per heavy atom. The van der Waals surface area contributed by atoms with E-state index in [0.717, 1.165) is 11.6 Å². The molecule has 94 valence electrons. The molecular formula is C11H10BrClF3N. The van der Waals surface area contributed by atoms with Crippen molar-refractivity contribution in [3.05, 3.63) is 39.3 Å². The van der Waals surface area contributed by atoms with Gasteiger partial charge >= 0.3 is 6.18 Å². The van der Waals surface area contributed by atoms with Gasteiger partial charge in [-0.05, 0) is 30.7 Å². The van der Waals surface area contributed by atoms with Crippen LogP contribution in [0, 0.1) is 0 Å². The van der Waals surface area contributed by atoms with Gasteiger partial charge in [-0.1, -0.05) is 27.5 Å². The number of halogens is 5. The van der Waals surface area contributed by atoms with Gasteiger partial charge in [0.1, 0.15) is 0 Å². The number of hydrogen-bond acceptors (Lipinski definition) is 1. The predicted octanol–water partition coefficient (Wildman–Crippen LogP) is 5.02. The highest BCUT2D eigenvalue weighted by Crippen LogP contribution is 2.36. The van der Waals surface area contributed by atoms with Crippen LogP contribution in [0.1, 0.15) is 12.5 Å². The van der Waals surface area contributed by atoms with Crippen LogP contribution < -0.4 is 5.32 Å². The second-order valence-corrected chi connectivity index (χ2v) is 4.57. The maximum atomic E-state index is 12.6. The van der Waals surface area contributed by atoms with Crippen molar-refractivity contribution in [3.63, 3.8) is 0 Å². The van der Waals surface area contributed by atoms with Crippen molar-refractivity contribution in [1.82, 2.24) is 0 Å². The molecule has 1 aromatic carbocycles. The molecule has 0 saturated carbocycles. The Morgan fingerprint density at radius 1 is 1.47 bits per heavy atom. The fourth-order valence-electron chi connectivity index (χ4n) is 1.13. The summed E-state index contributed by atoms with van der Waals surface area (Å²) in [5.41, 5.74) is 1.92. The van der Waals surface area contributed by atoms with Crippen LogP contribution >= 0.6 is 27.5 Å². The number of nitrogens with one attached hydrogen (secondary N) is 1. The van der Waals surface area contributed by atoms with Gasteiger partial charge in [-0.2, -0.15) is 13.2 Å². The van der Waals surface area contributed by atoms with Gasteiger partial charge in [-0.15, -0.1) is 0 Å². The van der Waals surface area contributed by atoms with Crippen LogP contribution in [0.25, 0.3) is 0 Å². The molecule has 17 heavy (non-hydrogen) atoms. The van der Waals surface area contributed by atoms with Gasteiger partial charge in [0.25, 0.3) is 0 Å². The fourth-order valence-corrected chi connectivity index (χ4v) is 1.68. The van der Waals surface area contributed by atoms with E-state index in [-0.39, 0.29) is 4.47 Å². The lowest BCUT2D eigenvalue weighted by atomic mass is 10.2. The van der Waals surface area contributed by atoms with Crippen molar-refractivity contribution in [2.45, 2.75) is 13.1 Å². The first-order chi connectivity index (χ1) is 7.84. The molecule has 0 atom stereocenters. The van der Waals surface area contributed by atoms with Crippen molar-refractivity contribution < 1.29 is 13.2 Å². The van der Waals surface area contributed by atoms with Crippen LogP contribution in [0.5, 0.6) is 0 Å². The number of anilines is 1. The second kappa shape index (κ2) is 5.78. The molecule has 0 bridgehead atoms. The van der Waals surface area contributed by atoms with Crippen molar-refractivity contribution in [1.29, 1.82) is 0 Å². The second-order valence-electron chi connectivity index (χ2n) is 3.50. The van der Waals surface area contributed by atoms with Gasteiger partial charge in [-0.25, -0.2) is 0 Å². The van der Waals surface area contributed by atoms with Crippen molar-refractivity contribution in [2.24, 2.45) is 0 Å². The molecule has 0 unspecified atom stereocenters. The van der Waals surface area contributed by atoms with E-state index in [4.69, 9.17) is 11.6 Å². The van der Waals surface area contributed by atoms with Crippen LogP contribution in [-0.4, -0.2) is 6.54 Å². The summed E-state index contributed by atoms with van der Waals surface area (Å²) in [6, 6.07) is 4.00. The highest BCUT2D eigenvalue weighted by molar-refractivity contribution is 9.10. The fraction of sp³-hybridized carbons (Fsp3) is 0.273. The highest BCUT2D eigenvalue weighted by Gasteiger charge is 2.33. The van der Waals surface area contributed by atoms with Crippen LogP contribution in [0.4, 0.5) is 18.9 Å². The molecule has 1 nitrogen and oxygen atoms in total. The van der Waals surface area contributed by atoms with E-state index in [1.54, 1.807) is 13.0 Å². The third kappa shape index (κ3) is 4.24. The smallest absolute Gasteiger partial charge is 0.381 e.